The zero-order chi connectivity index (χ0) is 17.9. The fourth-order valence-electron chi connectivity index (χ4n) is 3.77. The van der Waals surface area contributed by atoms with Gasteiger partial charge in [-0.2, -0.15) is 0 Å². The second-order valence-corrected chi connectivity index (χ2v) is 6.74. The van der Waals surface area contributed by atoms with Crippen molar-refractivity contribution in [3.8, 4) is 0 Å². The van der Waals surface area contributed by atoms with Crippen LogP contribution in [0.2, 0.25) is 0 Å². The van der Waals surface area contributed by atoms with E-state index in [0.717, 1.165) is 19.6 Å². The van der Waals surface area contributed by atoms with Gasteiger partial charge in [-0.15, -0.1) is 0 Å². The van der Waals surface area contributed by atoms with Gasteiger partial charge in [-0.25, -0.2) is 0 Å². The van der Waals surface area contributed by atoms with E-state index in [2.05, 4.69) is 83.5 Å². The average molecular weight is 343 g/mol. The molecule has 0 saturated carbocycles. The van der Waals surface area contributed by atoms with Crippen molar-refractivity contribution < 1.29 is 0 Å². The smallest absolute Gasteiger partial charge is 0.0491 e. The number of para-hydroxylation sites is 1. The van der Waals surface area contributed by atoms with Crippen LogP contribution in [-0.2, 0) is 26.2 Å². The highest BCUT2D eigenvalue weighted by atomic mass is 15.0. The Bertz CT molecular complexity index is 1050. The van der Waals surface area contributed by atoms with Gasteiger partial charge in [-0.3, -0.25) is 0 Å². The van der Waals surface area contributed by atoms with E-state index in [9.17, 15) is 0 Å². The molecule has 4 rings (SSSR count). The number of aryl methyl sites for hydroxylation is 1. The van der Waals surface area contributed by atoms with Gasteiger partial charge in [-0.05, 0) is 41.8 Å². The maximum atomic E-state index is 5.73. The van der Waals surface area contributed by atoms with Crippen molar-refractivity contribution >= 4 is 21.8 Å². The van der Waals surface area contributed by atoms with Gasteiger partial charge in [0.25, 0.3) is 0 Å². The molecule has 0 fully saturated rings. The van der Waals surface area contributed by atoms with Crippen LogP contribution < -0.4 is 11.1 Å². The monoisotopic (exact) mass is 343 g/mol. The summed E-state index contributed by atoms with van der Waals surface area (Å²) in [5, 5.41) is 6.23. The summed E-state index contributed by atoms with van der Waals surface area (Å²) in [6.45, 7) is 5.49. The van der Waals surface area contributed by atoms with E-state index < -0.39 is 0 Å². The summed E-state index contributed by atoms with van der Waals surface area (Å²) in [5.74, 6) is 0. The van der Waals surface area contributed by atoms with Crippen LogP contribution in [0.5, 0.6) is 0 Å². The summed E-state index contributed by atoms with van der Waals surface area (Å²) in [6, 6.07) is 23.9. The first-order valence-corrected chi connectivity index (χ1v) is 9.28. The predicted molar refractivity (Wildman–Crippen MR) is 110 cm³/mol. The number of hydrogen-bond donors (Lipinski definition) is 2. The normalized spacial score (nSPS) is 11.5. The lowest BCUT2D eigenvalue weighted by molar-refractivity contribution is 0.693. The number of nitrogens with one attached hydrogen (secondary N) is 1. The summed E-state index contributed by atoms with van der Waals surface area (Å²) >= 11 is 0. The Morgan fingerprint density at radius 1 is 0.769 bits per heavy atom. The summed E-state index contributed by atoms with van der Waals surface area (Å²) in [5.41, 5.74) is 12.1. The standard InChI is InChI=1S/C23H25N3/c1-2-26-22-9-4-3-8-20(22)21-13-19(10-11-23(21)26)16-25-15-18-7-5-6-17(12-18)14-24/h3-13,25H,2,14-16,24H2,1H3. The molecule has 3 nitrogen and oxygen atoms in total. The molecular weight excluding hydrogens is 318 g/mol. The van der Waals surface area contributed by atoms with Crippen molar-refractivity contribution in [3.05, 3.63) is 83.4 Å². The van der Waals surface area contributed by atoms with E-state index in [1.165, 1.54) is 38.5 Å². The summed E-state index contributed by atoms with van der Waals surface area (Å²) in [6.07, 6.45) is 0. The van der Waals surface area contributed by atoms with Crippen LogP contribution in [0.25, 0.3) is 21.8 Å². The molecule has 0 aliphatic rings. The predicted octanol–water partition coefficient (Wildman–Crippen LogP) is 4.56. The Morgan fingerprint density at radius 2 is 1.50 bits per heavy atom. The Balaban J connectivity index is 1.56. The highest BCUT2D eigenvalue weighted by Gasteiger charge is 2.09. The first-order chi connectivity index (χ1) is 12.8. The number of nitrogens with zero attached hydrogens (tertiary/aromatic N) is 1. The van der Waals surface area contributed by atoms with Crippen LogP contribution in [0.3, 0.4) is 0 Å². The lowest BCUT2D eigenvalue weighted by Gasteiger charge is -2.08. The third-order valence-corrected chi connectivity index (χ3v) is 5.04. The summed E-state index contributed by atoms with van der Waals surface area (Å²) in [7, 11) is 0. The molecule has 1 aromatic heterocycles. The topological polar surface area (TPSA) is 43.0 Å². The quantitative estimate of drug-likeness (QED) is 0.539. The largest absolute Gasteiger partial charge is 0.341 e. The van der Waals surface area contributed by atoms with Crippen molar-refractivity contribution in [2.24, 2.45) is 5.73 Å². The van der Waals surface area contributed by atoms with Gasteiger partial charge in [-0.1, -0.05) is 48.5 Å². The Kier molecular flexibility index (Phi) is 4.74. The van der Waals surface area contributed by atoms with Gasteiger partial charge < -0.3 is 15.6 Å². The SMILES string of the molecule is CCn1c2ccccc2c2cc(CNCc3cccc(CN)c3)ccc21. The lowest BCUT2D eigenvalue weighted by Crippen LogP contribution is -2.13. The third-order valence-electron chi connectivity index (χ3n) is 5.04. The van der Waals surface area contributed by atoms with Crippen LogP contribution in [0.1, 0.15) is 23.6 Å². The highest BCUT2D eigenvalue weighted by molar-refractivity contribution is 6.08. The van der Waals surface area contributed by atoms with E-state index in [-0.39, 0.29) is 0 Å². The second-order valence-electron chi connectivity index (χ2n) is 6.74. The van der Waals surface area contributed by atoms with Crippen LogP contribution in [0, 0.1) is 0 Å². The highest BCUT2D eigenvalue weighted by Crippen LogP contribution is 2.29. The van der Waals surface area contributed by atoms with Gasteiger partial charge in [0.05, 0.1) is 0 Å². The van der Waals surface area contributed by atoms with Crippen LogP contribution in [-0.4, -0.2) is 4.57 Å². The molecule has 4 aromatic rings. The molecule has 3 aromatic carbocycles. The molecule has 0 atom stereocenters. The van der Waals surface area contributed by atoms with Gasteiger partial charge in [0.1, 0.15) is 0 Å². The second kappa shape index (κ2) is 7.32. The zero-order valence-corrected chi connectivity index (χ0v) is 15.2. The van der Waals surface area contributed by atoms with E-state index >= 15 is 0 Å². The molecule has 0 aliphatic carbocycles. The fourth-order valence-corrected chi connectivity index (χ4v) is 3.77. The van der Waals surface area contributed by atoms with E-state index in [4.69, 9.17) is 5.73 Å². The van der Waals surface area contributed by atoms with E-state index in [1.54, 1.807) is 0 Å². The fraction of sp³-hybridized carbons (Fsp3) is 0.217. The number of fused-ring (bicyclic) bond motifs is 3. The summed E-state index contributed by atoms with van der Waals surface area (Å²) in [4.78, 5) is 0. The molecule has 0 bridgehead atoms. The van der Waals surface area contributed by atoms with Gasteiger partial charge >= 0.3 is 0 Å². The number of nitrogens with two attached hydrogens (primary N) is 1. The van der Waals surface area contributed by atoms with Crippen LogP contribution >= 0.6 is 0 Å². The molecule has 0 saturated heterocycles. The van der Waals surface area contributed by atoms with Gasteiger partial charge in [0.2, 0.25) is 0 Å². The molecule has 0 unspecified atom stereocenters. The molecule has 0 amide bonds. The Morgan fingerprint density at radius 3 is 2.31 bits per heavy atom. The Hall–Kier alpha value is -2.62. The first-order valence-electron chi connectivity index (χ1n) is 9.28. The molecule has 26 heavy (non-hydrogen) atoms. The maximum absolute atomic E-state index is 5.73. The molecule has 3 N–H and O–H groups in total. The molecule has 3 heteroatoms. The van der Waals surface area contributed by atoms with Crippen molar-refractivity contribution in [2.45, 2.75) is 33.1 Å². The summed E-state index contributed by atoms with van der Waals surface area (Å²) < 4.78 is 2.39. The van der Waals surface area contributed by atoms with E-state index in [0.29, 0.717) is 6.54 Å². The lowest BCUT2D eigenvalue weighted by atomic mass is 10.1. The van der Waals surface area contributed by atoms with Crippen molar-refractivity contribution in [1.29, 1.82) is 0 Å². The molecular formula is C23H25N3. The number of hydrogen-bond acceptors (Lipinski definition) is 2. The minimum Gasteiger partial charge on any atom is -0.341 e. The minimum absolute atomic E-state index is 0.589. The zero-order valence-electron chi connectivity index (χ0n) is 15.2. The average Bonchev–Trinajstić information content (AvgIpc) is 3.01. The van der Waals surface area contributed by atoms with Crippen molar-refractivity contribution in [3.63, 3.8) is 0 Å². The van der Waals surface area contributed by atoms with Gasteiger partial charge in [0, 0.05) is 48.0 Å². The number of rotatable bonds is 6. The van der Waals surface area contributed by atoms with Crippen LogP contribution in [0.15, 0.2) is 66.7 Å². The number of aromatic nitrogens is 1. The third kappa shape index (κ3) is 3.12. The van der Waals surface area contributed by atoms with Gasteiger partial charge in [0.15, 0.2) is 0 Å². The van der Waals surface area contributed by atoms with Crippen molar-refractivity contribution in [1.82, 2.24) is 9.88 Å². The maximum Gasteiger partial charge on any atom is 0.0491 e. The first kappa shape index (κ1) is 16.8. The molecule has 0 spiro atoms. The molecule has 132 valence electrons. The Labute approximate surface area is 154 Å². The molecule has 0 radical (unpaired) electrons. The molecule has 0 aliphatic heterocycles. The molecule has 1 heterocycles. The minimum atomic E-state index is 0.589. The van der Waals surface area contributed by atoms with Crippen LogP contribution in [0.4, 0.5) is 0 Å². The van der Waals surface area contributed by atoms with Crippen molar-refractivity contribution in [2.75, 3.05) is 0 Å². The number of benzene rings is 3. The van der Waals surface area contributed by atoms with E-state index in [1.807, 2.05) is 0 Å².